The molecule has 0 aliphatic rings. The number of ether oxygens (including phenoxy) is 1. The fourth-order valence-corrected chi connectivity index (χ4v) is 1.67. The molecule has 0 amide bonds. The Morgan fingerprint density at radius 3 is 2.82 bits per heavy atom. The summed E-state index contributed by atoms with van der Waals surface area (Å²) < 4.78 is 6.43. The van der Waals surface area contributed by atoms with Gasteiger partial charge in [0.1, 0.15) is 5.75 Å². The quantitative estimate of drug-likeness (QED) is 0.864. The van der Waals surface area contributed by atoms with Crippen molar-refractivity contribution in [2.75, 3.05) is 5.73 Å². The zero-order valence-corrected chi connectivity index (χ0v) is 11.2. The highest BCUT2D eigenvalue weighted by Crippen LogP contribution is 2.33. The predicted molar refractivity (Wildman–Crippen MR) is 70.1 cm³/mol. The Morgan fingerprint density at radius 1 is 1.29 bits per heavy atom. The fraction of sp³-hybridized carbons (Fsp3) is 0.167. The van der Waals surface area contributed by atoms with Crippen LogP contribution in [-0.4, -0.2) is 9.97 Å². The highest BCUT2D eigenvalue weighted by molar-refractivity contribution is 9.10. The van der Waals surface area contributed by atoms with Gasteiger partial charge in [0.2, 0.25) is 5.88 Å². The summed E-state index contributed by atoms with van der Waals surface area (Å²) in [7, 11) is 0. The largest absolute Gasteiger partial charge is 0.436 e. The van der Waals surface area contributed by atoms with Crippen LogP contribution in [0.2, 0.25) is 0 Å². The Balaban J connectivity index is 2.38. The first-order valence-corrected chi connectivity index (χ1v) is 5.89. The Hall–Kier alpha value is -1.62. The van der Waals surface area contributed by atoms with E-state index in [9.17, 15) is 0 Å². The van der Waals surface area contributed by atoms with Crippen molar-refractivity contribution in [3.63, 3.8) is 0 Å². The minimum Gasteiger partial charge on any atom is -0.436 e. The number of halogens is 1. The minimum absolute atomic E-state index is 0.497. The lowest BCUT2D eigenvalue weighted by Gasteiger charge is -2.10. The van der Waals surface area contributed by atoms with Crippen LogP contribution in [0.15, 0.2) is 28.9 Å². The van der Waals surface area contributed by atoms with Crippen molar-refractivity contribution in [1.29, 1.82) is 0 Å². The van der Waals surface area contributed by atoms with Crippen LogP contribution >= 0.6 is 15.9 Å². The van der Waals surface area contributed by atoms with E-state index < -0.39 is 0 Å². The van der Waals surface area contributed by atoms with Crippen molar-refractivity contribution in [2.45, 2.75) is 13.8 Å². The van der Waals surface area contributed by atoms with Crippen LogP contribution < -0.4 is 10.5 Å². The molecule has 2 N–H and O–H groups in total. The number of hydrogen-bond acceptors (Lipinski definition) is 4. The molecule has 2 aromatic rings. The van der Waals surface area contributed by atoms with Crippen molar-refractivity contribution in [3.05, 3.63) is 40.3 Å². The van der Waals surface area contributed by atoms with Crippen LogP contribution in [-0.2, 0) is 0 Å². The van der Waals surface area contributed by atoms with E-state index in [0.717, 1.165) is 15.9 Å². The van der Waals surface area contributed by atoms with Crippen molar-refractivity contribution < 1.29 is 4.74 Å². The lowest BCUT2D eigenvalue weighted by molar-refractivity contribution is 0.451. The average Bonchev–Trinajstić information content (AvgIpc) is 2.30. The normalized spacial score (nSPS) is 10.3. The summed E-state index contributed by atoms with van der Waals surface area (Å²) in [5, 5.41) is 0. The van der Waals surface area contributed by atoms with E-state index in [-0.39, 0.29) is 0 Å². The molecule has 5 heteroatoms. The summed E-state index contributed by atoms with van der Waals surface area (Å²) in [6, 6.07) is 5.45. The van der Waals surface area contributed by atoms with E-state index in [2.05, 4.69) is 25.9 Å². The molecule has 0 fully saturated rings. The summed E-state index contributed by atoms with van der Waals surface area (Å²) in [6.45, 7) is 3.72. The molecular formula is C12H12BrN3O. The molecule has 1 aromatic heterocycles. The number of nitrogens with zero attached hydrogens (tertiary/aromatic N) is 2. The van der Waals surface area contributed by atoms with E-state index in [4.69, 9.17) is 10.5 Å². The lowest BCUT2D eigenvalue weighted by atomic mass is 10.3. The van der Waals surface area contributed by atoms with Crippen LogP contribution in [0.3, 0.4) is 0 Å². The molecule has 1 aromatic carbocycles. The Morgan fingerprint density at radius 2 is 2.06 bits per heavy atom. The van der Waals surface area contributed by atoms with Gasteiger partial charge in [-0.1, -0.05) is 6.07 Å². The summed E-state index contributed by atoms with van der Waals surface area (Å²) in [5.74, 6) is 1.13. The minimum atomic E-state index is 0.497. The molecule has 0 unspecified atom stereocenters. The number of aryl methyl sites for hydroxylation is 2. The molecule has 0 atom stereocenters. The van der Waals surface area contributed by atoms with Crippen molar-refractivity contribution in [3.8, 4) is 11.6 Å². The Kier molecular flexibility index (Phi) is 3.28. The second kappa shape index (κ2) is 4.71. The zero-order valence-electron chi connectivity index (χ0n) is 9.57. The molecule has 0 saturated heterocycles. The molecule has 4 nitrogen and oxygen atoms in total. The van der Waals surface area contributed by atoms with E-state index in [1.807, 2.05) is 26.0 Å². The van der Waals surface area contributed by atoms with Crippen molar-refractivity contribution >= 4 is 21.6 Å². The van der Waals surface area contributed by atoms with Gasteiger partial charge >= 0.3 is 0 Å². The van der Waals surface area contributed by atoms with Gasteiger partial charge in [0.15, 0.2) is 0 Å². The number of anilines is 1. The zero-order chi connectivity index (χ0) is 12.4. The van der Waals surface area contributed by atoms with Crippen LogP contribution in [0.4, 0.5) is 5.69 Å². The van der Waals surface area contributed by atoms with Crippen LogP contribution in [0.1, 0.15) is 11.4 Å². The molecule has 0 radical (unpaired) electrons. The fourth-order valence-electron chi connectivity index (χ4n) is 1.32. The van der Waals surface area contributed by atoms with Gasteiger partial charge in [-0.2, -0.15) is 0 Å². The van der Waals surface area contributed by atoms with Gasteiger partial charge in [-0.15, -0.1) is 0 Å². The predicted octanol–water partition coefficient (Wildman–Crippen LogP) is 3.23. The summed E-state index contributed by atoms with van der Waals surface area (Å²) in [5.41, 5.74) is 7.96. The van der Waals surface area contributed by atoms with E-state index in [1.54, 1.807) is 12.3 Å². The van der Waals surface area contributed by atoms with Crippen LogP contribution in [0.5, 0.6) is 11.6 Å². The van der Waals surface area contributed by atoms with E-state index >= 15 is 0 Å². The first-order chi connectivity index (χ1) is 8.08. The number of benzene rings is 1. The van der Waals surface area contributed by atoms with Crippen molar-refractivity contribution in [1.82, 2.24) is 9.97 Å². The highest BCUT2D eigenvalue weighted by atomic mass is 79.9. The maximum Gasteiger partial charge on any atom is 0.241 e. The van der Waals surface area contributed by atoms with Gasteiger partial charge in [-0.3, -0.25) is 4.98 Å². The second-order valence-electron chi connectivity index (χ2n) is 3.66. The standard InChI is InChI=1S/C12H12BrN3O/c1-7-6-15-8(2)12(16-7)17-10-5-3-4-9(14)11(10)13/h3-6H,14H2,1-2H3. The SMILES string of the molecule is Cc1cnc(C)c(Oc2cccc(N)c2Br)n1. The number of aromatic nitrogens is 2. The number of rotatable bonds is 2. The molecule has 0 saturated carbocycles. The average molecular weight is 294 g/mol. The maximum absolute atomic E-state index is 5.78. The van der Waals surface area contributed by atoms with E-state index in [0.29, 0.717) is 17.3 Å². The molecule has 0 bridgehead atoms. The van der Waals surface area contributed by atoms with Gasteiger partial charge in [0.05, 0.1) is 15.9 Å². The summed E-state index contributed by atoms with van der Waals surface area (Å²) in [4.78, 5) is 8.49. The van der Waals surface area contributed by atoms with Gasteiger partial charge in [0.25, 0.3) is 0 Å². The number of hydrogen-bond donors (Lipinski definition) is 1. The summed E-state index contributed by atoms with van der Waals surface area (Å²) in [6.07, 6.45) is 1.70. The molecule has 2 rings (SSSR count). The second-order valence-corrected chi connectivity index (χ2v) is 4.46. The lowest BCUT2D eigenvalue weighted by Crippen LogP contribution is -1.97. The molecule has 0 aliphatic heterocycles. The number of nitrogen functional groups attached to an aromatic ring is 1. The summed E-state index contributed by atoms with van der Waals surface area (Å²) >= 11 is 3.38. The molecule has 88 valence electrons. The van der Waals surface area contributed by atoms with E-state index in [1.165, 1.54) is 0 Å². The third-order valence-corrected chi connectivity index (χ3v) is 3.08. The molecule has 0 aliphatic carbocycles. The molecular weight excluding hydrogens is 282 g/mol. The molecule has 0 spiro atoms. The van der Waals surface area contributed by atoms with Gasteiger partial charge < -0.3 is 10.5 Å². The molecule has 17 heavy (non-hydrogen) atoms. The smallest absolute Gasteiger partial charge is 0.241 e. The van der Waals surface area contributed by atoms with Gasteiger partial charge in [-0.05, 0) is 41.9 Å². The van der Waals surface area contributed by atoms with Crippen LogP contribution in [0, 0.1) is 13.8 Å². The van der Waals surface area contributed by atoms with Gasteiger partial charge in [-0.25, -0.2) is 4.98 Å². The Bertz CT molecular complexity index is 557. The monoisotopic (exact) mass is 293 g/mol. The Labute approximate surface area is 108 Å². The first kappa shape index (κ1) is 11.9. The molecule has 1 heterocycles. The number of nitrogens with two attached hydrogens (primary N) is 1. The first-order valence-electron chi connectivity index (χ1n) is 5.10. The highest BCUT2D eigenvalue weighted by Gasteiger charge is 2.09. The third kappa shape index (κ3) is 2.55. The topological polar surface area (TPSA) is 61.0 Å². The maximum atomic E-state index is 5.78. The third-order valence-electron chi connectivity index (χ3n) is 2.23. The van der Waals surface area contributed by atoms with Gasteiger partial charge in [0, 0.05) is 11.9 Å². The van der Waals surface area contributed by atoms with Crippen LogP contribution in [0.25, 0.3) is 0 Å². The van der Waals surface area contributed by atoms with Crippen molar-refractivity contribution in [2.24, 2.45) is 0 Å².